The van der Waals surface area contributed by atoms with Crippen molar-refractivity contribution in [3.05, 3.63) is 29.8 Å². The summed E-state index contributed by atoms with van der Waals surface area (Å²) in [5.74, 6) is -1.84. The van der Waals surface area contributed by atoms with Gasteiger partial charge in [-0.1, -0.05) is 73.9 Å². The van der Waals surface area contributed by atoms with E-state index in [2.05, 4.69) is 42.0 Å². The Morgan fingerprint density at radius 1 is 0.893 bits per heavy atom. The van der Waals surface area contributed by atoms with Gasteiger partial charge in [0, 0.05) is 44.7 Å². The fourth-order valence-corrected chi connectivity index (χ4v) is 6.94. The Morgan fingerprint density at radius 2 is 1.57 bits per heavy atom. The highest BCUT2D eigenvalue weighted by molar-refractivity contribution is 6.04. The van der Waals surface area contributed by atoms with Crippen molar-refractivity contribution in [1.29, 1.82) is 0 Å². The quantitative estimate of drug-likeness (QED) is 0.104. The molecule has 0 aliphatic carbocycles. The first-order chi connectivity index (χ1) is 26.2. The van der Waals surface area contributed by atoms with Crippen LogP contribution in [0.15, 0.2) is 24.3 Å². The summed E-state index contributed by atoms with van der Waals surface area (Å²) in [6.45, 7) is 17.9. The van der Waals surface area contributed by atoms with Crippen LogP contribution in [0.2, 0.25) is 0 Å². The number of hydrogen-bond acceptors (Lipinski definition) is 8. The van der Waals surface area contributed by atoms with Gasteiger partial charge in [0.2, 0.25) is 29.5 Å². The number of primary amides is 1. The lowest BCUT2D eigenvalue weighted by Crippen LogP contribution is -2.54. The molecular formula is C41H65N7O8. The summed E-state index contributed by atoms with van der Waals surface area (Å²) in [5, 5.41) is 10.9. The number of rotatable bonds is 18. The van der Waals surface area contributed by atoms with Crippen molar-refractivity contribution in [2.24, 2.45) is 34.3 Å². The minimum absolute atomic E-state index is 0.0796. The predicted molar refractivity (Wildman–Crippen MR) is 213 cm³/mol. The van der Waals surface area contributed by atoms with Gasteiger partial charge in [0.1, 0.15) is 18.7 Å². The standard InChI is InChI=1S/C41H65N7O8/c1-26(2)34(46-32(49)14-10-9-11-21-48-33(50)23-30(37(48)53)41(6,7)8)36(52)45-31(13-12-20-43-38(42)54)35(51)44-29-17-15-27(16-18-29)25-56-39(55)47-22-19-28(24-47)40(3,4)5/h15-18,26,28,30-31,34H,9-14,19-25H2,1-8H3,(H,44,51)(H,45,52)(H,46,49)(H3,42,43,54)/t28?,30?,31-,34-/m0/s1. The van der Waals surface area contributed by atoms with Crippen LogP contribution in [0, 0.1) is 28.6 Å². The van der Waals surface area contributed by atoms with Gasteiger partial charge in [-0.25, -0.2) is 9.59 Å². The molecule has 2 aliphatic rings. The molecule has 6 N–H and O–H groups in total. The molecule has 0 saturated carbocycles. The van der Waals surface area contributed by atoms with Gasteiger partial charge in [0.15, 0.2) is 0 Å². The van der Waals surface area contributed by atoms with Crippen LogP contribution in [-0.4, -0.2) is 89.7 Å². The number of nitrogens with two attached hydrogens (primary N) is 1. The number of likely N-dealkylation sites (tertiary alicyclic amines) is 2. The largest absolute Gasteiger partial charge is 0.445 e. The Hall–Kier alpha value is -4.69. The van der Waals surface area contributed by atoms with E-state index in [1.807, 2.05) is 20.8 Å². The molecule has 4 atom stereocenters. The number of benzene rings is 1. The lowest BCUT2D eigenvalue weighted by atomic mass is 9.80. The van der Waals surface area contributed by atoms with Gasteiger partial charge in [-0.15, -0.1) is 0 Å². The lowest BCUT2D eigenvalue weighted by Gasteiger charge is -2.26. The Labute approximate surface area is 331 Å². The third kappa shape index (κ3) is 14.1. The van der Waals surface area contributed by atoms with Crippen molar-refractivity contribution in [1.82, 2.24) is 25.8 Å². The maximum absolute atomic E-state index is 13.5. The number of anilines is 1. The molecule has 1 aromatic rings. The third-order valence-corrected chi connectivity index (χ3v) is 10.7. The van der Waals surface area contributed by atoms with Crippen molar-refractivity contribution in [3.8, 4) is 0 Å². The second-order valence-electron chi connectivity index (χ2n) is 17.6. The van der Waals surface area contributed by atoms with E-state index >= 15 is 0 Å². The SMILES string of the molecule is CC(C)[C@H](NC(=O)CCCCCN1C(=O)CC(C(C)(C)C)C1=O)C(=O)N[C@@H](CCCNC(N)=O)C(=O)Nc1ccc(COC(=O)N2CCC(C(C)(C)C)C2)cc1. The van der Waals surface area contributed by atoms with Crippen LogP contribution < -0.4 is 27.0 Å². The molecule has 2 fully saturated rings. The maximum Gasteiger partial charge on any atom is 0.410 e. The van der Waals surface area contributed by atoms with E-state index in [4.69, 9.17) is 10.5 Å². The van der Waals surface area contributed by atoms with E-state index in [1.165, 1.54) is 4.90 Å². The van der Waals surface area contributed by atoms with Crippen molar-refractivity contribution < 1.29 is 38.3 Å². The molecule has 56 heavy (non-hydrogen) atoms. The minimum atomic E-state index is -0.998. The number of ether oxygens (including phenoxy) is 1. The summed E-state index contributed by atoms with van der Waals surface area (Å²) < 4.78 is 5.55. The van der Waals surface area contributed by atoms with Crippen LogP contribution in [-0.2, 0) is 35.3 Å². The zero-order valence-corrected chi connectivity index (χ0v) is 34.6. The van der Waals surface area contributed by atoms with Crippen LogP contribution in [0.5, 0.6) is 0 Å². The Kier molecular flexibility index (Phi) is 16.7. The van der Waals surface area contributed by atoms with E-state index in [-0.39, 0.29) is 78.9 Å². The molecule has 15 nitrogen and oxygen atoms in total. The Bertz CT molecular complexity index is 1550. The second kappa shape index (κ2) is 20.5. The Balaban J connectivity index is 1.51. The summed E-state index contributed by atoms with van der Waals surface area (Å²) in [6, 6.07) is 4.23. The van der Waals surface area contributed by atoms with Crippen LogP contribution in [0.25, 0.3) is 0 Å². The average Bonchev–Trinajstić information content (AvgIpc) is 3.73. The molecular weight excluding hydrogens is 718 g/mol. The van der Waals surface area contributed by atoms with Gasteiger partial charge in [0.25, 0.3) is 0 Å². The number of nitrogens with zero attached hydrogens (tertiary/aromatic N) is 2. The zero-order valence-electron chi connectivity index (χ0n) is 34.6. The van der Waals surface area contributed by atoms with Gasteiger partial charge in [-0.3, -0.25) is 28.9 Å². The number of unbranched alkanes of at least 4 members (excludes halogenated alkanes) is 2. The summed E-state index contributed by atoms with van der Waals surface area (Å²) in [6.07, 6.45) is 3.17. The summed E-state index contributed by atoms with van der Waals surface area (Å²) in [5.41, 5.74) is 6.22. The van der Waals surface area contributed by atoms with E-state index in [0.29, 0.717) is 56.9 Å². The number of nitrogens with one attached hydrogen (secondary N) is 4. The average molecular weight is 784 g/mol. The molecule has 2 saturated heterocycles. The normalized spacial score (nSPS) is 18.4. The van der Waals surface area contributed by atoms with Crippen LogP contribution in [0.3, 0.4) is 0 Å². The highest BCUT2D eigenvalue weighted by Crippen LogP contribution is 2.36. The highest BCUT2D eigenvalue weighted by Gasteiger charge is 2.44. The third-order valence-electron chi connectivity index (χ3n) is 10.7. The number of amides is 8. The van der Waals surface area contributed by atoms with E-state index in [9.17, 15) is 33.6 Å². The molecule has 8 amide bonds. The summed E-state index contributed by atoms with van der Waals surface area (Å²) >= 11 is 0. The van der Waals surface area contributed by atoms with Gasteiger partial charge >= 0.3 is 12.1 Å². The lowest BCUT2D eigenvalue weighted by molar-refractivity contribution is -0.140. The van der Waals surface area contributed by atoms with Crippen LogP contribution in [0.4, 0.5) is 15.3 Å². The van der Waals surface area contributed by atoms with E-state index in [0.717, 1.165) is 12.0 Å². The number of carbonyl (C=O) groups excluding carboxylic acids is 7. The zero-order chi connectivity index (χ0) is 41.8. The predicted octanol–water partition coefficient (Wildman–Crippen LogP) is 4.69. The van der Waals surface area contributed by atoms with E-state index < -0.39 is 29.9 Å². The molecule has 2 unspecified atom stereocenters. The molecule has 2 aliphatic heterocycles. The molecule has 0 bridgehead atoms. The van der Waals surface area contributed by atoms with Crippen LogP contribution >= 0.6 is 0 Å². The van der Waals surface area contributed by atoms with Gasteiger partial charge < -0.3 is 36.6 Å². The molecule has 2 heterocycles. The maximum atomic E-state index is 13.5. The second-order valence-corrected chi connectivity index (χ2v) is 17.6. The number of urea groups is 1. The number of carbonyl (C=O) groups is 7. The summed E-state index contributed by atoms with van der Waals surface area (Å²) in [4.78, 5) is 92.1. The molecule has 312 valence electrons. The molecule has 0 spiro atoms. The van der Waals surface area contributed by atoms with Gasteiger partial charge in [-0.05, 0) is 72.5 Å². The van der Waals surface area contributed by atoms with E-state index in [1.54, 1.807) is 43.0 Å². The highest BCUT2D eigenvalue weighted by atomic mass is 16.6. The molecule has 3 rings (SSSR count). The summed E-state index contributed by atoms with van der Waals surface area (Å²) in [7, 11) is 0. The van der Waals surface area contributed by atoms with Crippen molar-refractivity contribution in [2.45, 2.75) is 125 Å². The van der Waals surface area contributed by atoms with Crippen LogP contribution in [0.1, 0.15) is 112 Å². The molecule has 0 aromatic heterocycles. The van der Waals surface area contributed by atoms with Crippen molar-refractivity contribution in [3.63, 3.8) is 0 Å². The first-order valence-electron chi connectivity index (χ1n) is 20.0. The number of hydrogen-bond donors (Lipinski definition) is 5. The fourth-order valence-electron chi connectivity index (χ4n) is 6.94. The fraction of sp³-hybridized carbons (Fsp3) is 0.683. The molecule has 1 aromatic carbocycles. The number of imide groups is 1. The monoisotopic (exact) mass is 783 g/mol. The molecule has 15 heteroatoms. The van der Waals surface area contributed by atoms with Crippen molar-refractivity contribution >= 4 is 47.3 Å². The topological polar surface area (TPSA) is 209 Å². The Morgan fingerprint density at radius 3 is 2.14 bits per heavy atom. The van der Waals surface area contributed by atoms with Gasteiger partial charge in [0.05, 0.1) is 5.92 Å². The molecule has 0 radical (unpaired) electrons. The first kappa shape index (κ1) is 45.7. The minimum Gasteiger partial charge on any atom is -0.445 e. The van der Waals surface area contributed by atoms with Gasteiger partial charge in [-0.2, -0.15) is 0 Å². The smallest absolute Gasteiger partial charge is 0.410 e. The first-order valence-corrected chi connectivity index (χ1v) is 20.0. The van der Waals surface area contributed by atoms with Crippen molar-refractivity contribution in [2.75, 3.05) is 31.5 Å².